The lowest BCUT2D eigenvalue weighted by molar-refractivity contribution is -0.115. The first-order valence-electron chi connectivity index (χ1n) is 4.77. The number of aliphatic imine (C=N–C) groups is 2. The van der Waals surface area contributed by atoms with E-state index in [1.165, 1.54) is 6.08 Å². The molecule has 0 amide bonds. The van der Waals surface area contributed by atoms with Crippen molar-refractivity contribution < 1.29 is 4.79 Å². The van der Waals surface area contributed by atoms with Gasteiger partial charge in [0.05, 0.1) is 0 Å². The van der Waals surface area contributed by atoms with Gasteiger partial charge in [-0.05, 0) is 18.9 Å². The second-order valence-corrected chi connectivity index (χ2v) is 3.13. The molecule has 0 saturated heterocycles. The summed E-state index contributed by atoms with van der Waals surface area (Å²) >= 11 is 0. The highest BCUT2D eigenvalue weighted by Crippen LogP contribution is 2.04. The summed E-state index contributed by atoms with van der Waals surface area (Å²) in [5.41, 5.74) is 20.7. The van der Waals surface area contributed by atoms with Crippen molar-refractivity contribution in [3.8, 4) is 0 Å². The minimum Gasteiger partial charge on any atom is -0.370 e. The summed E-state index contributed by atoms with van der Waals surface area (Å²) in [5, 5.41) is 0. The summed E-state index contributed by atoms with van der Waals surface area (Å²) in [4.78, 5) is 18.9. The Labute approximate surface area is 94.3 Å². The van der Waals surface area contributed by atoms with Gasteiger partial charge in [-0.2, -0.15) is 0 Å². The molecule has 16 heavy (non-hydrogen) atoms. The van der Waals surface area contributed by atoms with Crippen LogP contribution in [0, 0.1) is 0 Å². The lowest BCUT2D eigenvalue weighted by Gasteiger charge is -2.08. The number of ketones is 1. The first-order chi connectivity index (χ1) is 7.47. The van der Waals surface area contributed by atoms with Crippen LogP contribution in [0.15, 0.2) is 22.6 Å². The molecule has 7 heteroatoms. The number of hydrogen-bond donors (Lipinski definition) is 4. The van der Waals surface area contributed by atoms with E-state index in [-0.39, 0.29) is 17.7 Å². The zero-order valence-corrected chi connectivity index (χ0v) is 9.10. The summed E-state index contributed by atoms with van der Waals surface area (Å²) in [5.74, 6) is -0.325. The third kappa shape index (κ3) is 6.41. The molecule has 7 nitrogen and oxygen atoms in total. The van der Waals surface area contributed by atoms with E-state index in [1.54, 1.807) is 0 Å². The third-order valence-electron chi connectivity index (χ3n) is 1.76. The maximum Gasteiger partial charge on any atom is 0.186 e. The average Bonchev–Trinajstić information content (AvgIpc) is 2.20. The largest absolute Gasteiger partial charge is 0.370 e. The first-order valence-corrected chi connectivity index (χ1v) is 4.77. The highest BCUT2D eigenvalue weighted by atomic mass is 16.1. The van der Waals surface area contributed by atoms with Crippen molar-refractivity contribution in [3.63, 3.8) is 0 Å². The molecule has 0 fully saturated rings. The fraction of sp³-hybridized carbons (Fsp3) is 0.444. The second-order valence-electron chi connectivity index (χ2n) is 3.13. The summed E-state index contributed by atoms with van der Waals surface area (Å²) < 4.78 is 0. The van der Waals surface area contributed by atoms with Crippen LogP contribution in [-0.4, -0.2) is 30.3 Å². The zero-order chi connectivity index (χ0) is 12.6. The van der Waals surface area contributed by atoms with Crippen molar-refractivity contribution in [2.24, 2.45) is 32.9 Å². The first kappa shape index (κ1) is 13.9. The molecule has 0 aliphatic rings. The molecule has 0 heterocycles. The molecule has 8 N–H and O–H groups in total. The predicted octanol–water partition coefficient (Wildman–Crippen LogP) is -1.56. The molecule has 0 aliphatic carbocycles. The molecule has 0 saturated carbocycles. The number of hydrogen-bond acceptors (Lipinski definition) is 3. The van der Waals surface area contributed by atoms with E-state index in [9.17, 15) is 4.79 Å². The van der Waals surface area contributed by atoms with E-state index in [4.69, 9.17) is 22.9 Å². The minimum atomic E-state index is -0.600. The molecule has 1 unspecified atom stereocenters. The van der Waals surface area contributed by atoms with Crippen molar-refractivity contribution in [2.45, 2.75) is 18.9 Å². The Morgan fingerprint density at radius 1 is 1.25 bits per heavy atom. The fourth-order valence-electron chi connectivity index (χ4n) is 1.08. The number of guanidine groups is 2. The summed E-state index contributed by atoms with van der Waals surface area (Å²) in [6.07, 6.45) is 2.27. The predicted molar refractivity (Wildman–Crippen MR) is 64.7 cm³/mol. The molecule has 0 radical (unpaired) electrons. The Kier molecular flexibility index (Phi) is 6.34. The maximum atomic E-state index is 11.4. The van der Waals surface area contributed by atoms with Gasteiger partial charge in [-0.1, -0.05) is 6.58 Å². The van der Waals surface area contributed by atoms with Gasteiger partial charge >= 0.3 is 0 Å². The Balaban J connectivity index is 4.23. The standard InChI is InChI=1S/C9H18N6O/c1-2-7(16)6(15-9(12)13)4-3-5-14-8(10)11/h2,6H,1,3-5H2,(H4,10,11,14)(H4,12,13,15). The van der Waals surface area contributed by atoms with Gasteiger partial charge in [0, 0.05) is 6.54 Å². The molecule has 90 valence electrons. The van der Waals surface area contributed by atoms with Crippen LogP contribution in [0.3, 0.4) is 0 Å². The molecule has 0 spiro atoms. The van der Waals surface area contributed by atoms with Gasteiger partial charge in [0.25, 0.3) is 0 Å². The van der Waals surface area contributed by atoms with Crippen LogP contribution in [0.4, 0.5) is 0 Å². The van der Waals surface area contributed by atoms with Gasteiger partial charge < -0.3 is 22.9 Å². The van der Waals surface area contributed by atoms with Crippen molar-refractivity contribution in [2.75, 3.05) is 6.54 Å². The van der Waals surface area contributed by atoms with E-state index >= 15 is 0 Å². The Bertz CT molecular complexity index is 301. The Morgan fingerprint density at radius 3 is 2.31 bits per heavy atom. The SMILES string of the molecule is C=CC(=O)C(CCCN=C(N)N)N=C(N)N. The average molecular weight is 226 g/mol. The highest BCUT2D eigenvalue weighted by Gasteiger charge is 2.13. The van der Waals surface area contributed by atoms with E-state index in [0.29, 0.717) is 19.4 Å². The van der Waals surface area contributed by atoms with Crippen LogP contribution in [-0.2, 0) is 4.79 Å². The van der Waals surface area contributed by atoms with Crippen molar-refractivity contribution in [1.82, 2.24) is 0 Å². The monoisotopic (exact) mass is 226 g/mol. The molecule has 0 bridgehead atoms. The minimum absolute atomic E-state index is 0.0217. The highest BCUT2D eigenvalue weighted by molar-refractivity contribution is 5.95. The van der Waals surface area contributed by atoms with E-state index < -0.39 is 6.04 Å². The maximum absolute atomic E-state index is 11.4. The van der Waals surface area contributed by atoms with E-state index in [2.05, 4.69) is 16.6 Å². The quantitative estimate of drug-likeness (QED) is 0.179. The van der Waals surface area contributed by atoms with Gasteiger partial charge in [-0.15, -0.1) is 0 Å². The Hall–Kier alpha value is -2.05. The number of rotatable bonds is 7. The number of carbonyl (C=O) groups excluding carboxylic acids is 1. The van der Waals surface area contributed by atoms with Crippen LogP contribution >= 0.6 is 0 Å². The molecule has 0 aromatic rings. The number of nitrogens with zero attached hydrogens (tertiary/aromatic N) is 2. The smallest absolute Gasteiger partial charge is 0.186 e. The molecule has 0 rings (SSSR count). The third-order valence-corrected chi connectivity index (χ3v) is 1.76. The summed E-state index contributed by atoms with van der Waals surface area (Å²) in [6, 6.07) is -0.600. The van der Waals surface area contributed by atoms with Crippen molar-refractivity contribution in [1.29, 1.82) is 0 Å². The van der Waals surface area contributed by atoms with E-state index in [0.717, 1.165) is 0 Å². The molecule has 0 aliphatic heterocycles. The lowest BCUT2D eigenvalue weighted by atomic mass is 10.1. The van der Waals surface area contributed by atoms with Gasteiger partial charge in [0.2, 0.25) is 0 Å². The van der Waals surface area contributed by atoms with Crippen LogP contribution in [0.1, 0.15) is 12.8 Å². The summed E-state index contributed by atoms with van der Waals surface area (Å²) in [7, 11) is 0. The molecule has 1 atom stereocenters. The molecule has 0 aromatic heterocycles. The topological polar surface area (TPSA) is 146 Å². The van der Waals surface area contributed by atoms with Gasteiger partial charge in [0.15, 0.2) is 17.7 Å². The molecular formula is C9H18N6O. The van der Waals surface area contributed by atoms with Crippen molar-refractivity contribution in [3.05, 3.63) is 12.7 Å². The normalized spacial score (nSPS) is 11.2. The van der Waals surface area contributed by atoms with E-state index in [1.807, 2.05) is 0 Å². The summed E-state index contributed by atoms with van der Waals surface area (Å²) in [6.45, 7) is 3.81. The van der Waals surface area contributed by atoms with Gasteiger partial charge in [-0.25, -0.2) is 4.99 Å². The zero-order valence-electron chi connectivity index (χ0n) is 9.10. The van der Waals surface area contributed by atoms with Crippen LogP contribution in [0.25, 0.3) is 0 Å². The Morgan fingerprint density at radius 2 is 1.88 bits per heavy atom. The van der Waals surface area contributed by atoms with Gasteiger partial charge in [-0.3, -0.25) is 9.79 Å². The number of carbonyl (C=O) groups is 1. The van der Waals surface area contributed by atoms with Crippen molar-refractivity contribution >= 4 is 17.7 Å². The fourth-order valence-corrected chi connectivity index (χ4v) is 1.08. The van der Waals surface area contributed by atoms with Crippen LogP contribution in [0.2, 0.25) is 0 Å². The van der Waals surface area contributed by atoms with Crippen LogP contribution < -0.4 is 22.9 Å². The molecular weight excluding hydrogens is 208 g/mol. The van der Waals surface area contributed by atoms with Gasteiger partial charge in [0.1, 0.15) is 6.04 Å². The molecule has 0 aromatic carbocycles. The van der Waals surface area contributed by atoms with Crippen LogP contribution in [0.5, 0.6) is 0 Å². The second kappa shape index (κ2) is 7.27. The number of nitrogens with two attached hydrogens (primary N) is 4. The lowest BCUT2D eigenvalue weighted by Crippen LogP contribution is -2.28.